The van der Waals surface area contributed by atoms with Crippen molar-refractivity contribution >= 4 is 23.2 Å². The van der Waals surface area contributed by atoms with E-state index >= 15 is 0 Å². The van der Waals surface area contributed by atoms with Gasteiger partial charge in [-0.05, 0) is 63.7 Å². The first kappa shape index (κ1) is 15.8. The predicted octanol–water partition coefficient (Wildman–Crippen LogP) is 4.12. The molecule has 102 valence electrons. The van der Waals surface area contributed by atoms with Crippen LogP contribution in [-0.2, 0) is 0 Å². The smallest absolute Gasteiger partial charge is 0.0424 e. The maximum absolute atomic E-state index is 6.03. The topological polar surface area (TPSA) is 29.3 Å². The van der Waals surface area contributed by atoms with Gasteiger partial charge < -0.3 is 5.73 Å². The Morgan fingerprint density at radius 1 is 1.00 bits per heavy atom. The lowest BCUT2D eigenvalue weighted by atomic mass is 10.0. The van der Waals surface area contributed by atoms with Gasteiger partial charge >= 0.3 is 0 Å². The third-order valence-corrected chi connectivity index (χ3v) is 3.74. The Morgan fingerprint density at radius 3 is 2.00 bits per heavy atom. The van der Waals surface area contributed by atoms with Gasteiger partial charge in [-0.25, -0.2) is 0 Å². The zero-order valence-corrected chi connectivity index (χ0v) is 12.6. The SMILES string of the molecule is CC(c1cc(Cl)cc(Cl)c1)N1CCCCC1.CN. The van der Waals surface area contributed by atoms with Gasteiger partial charge in [-0.15, -0.1) is 0 Å². The van der Waals surface area contributed by atoms with Crippen LogP contribution in [0.15, 0.2) is 18.2 Å². The lowest BCUT2D eigenvalue weighted by Crippen LogP contribution is -2.32. The highest BCUT2D eigenvalue weighted by atomic mass is 35.5. The van der Waals surface area contributed by atoms with Crippen molar-refractivity contribution in [2.45, 2.75) is 32.2 Å². The van der Waals surface area contributed by atoms with Crippen LogP contribution in [0.3, 0.4) is 0 Å². The molecule has 1 heterocycles. The highest BCUT2D eigenvalue weighted by Crippen LogP contribution is 2.28. The van der Waals surface area contributed by atoms with Gasteiger partial charge in [0, 0.05) is 16.1 Å². The Hall–Kier alpha value is -0.280. The maximum Gasteiger partial charge on any atom is 0.0424 e. The molecule has 1 aromatic carbocycles. The normalized spacial score (nSPS) is 17.8. The molecular formula is C14H22Cl2N2. The van der Waals surface area contributed by atoms with Crippen LogP contribution in [0.4, 0.5) is 0 Å². The van der Waals surface area contributed by atoms with Crippen LogP contribution in [-0.4, -0.2) is 25.0 Å². The van der Waals surface area contributed by atoms with Crippen molar-refractivity contribution in [1.82, 2.24) is 4.90 Å². The second kappa shape index (κ2) is 8.00. The zero-order valence-electron chi connectivity index (χ0n) is 11.1. The number of likely N-dealkylation sites (tertiary alicyclic amines) is 1. The van der Waals surface area contributed by atoms with Gasteiger partial charge in [0.1, 0.15) is 0 Å². The van der Waals surface area contributed by atoms with Gasteiger partial charge in [0.15, 0.2) is 0 Å². The summed E-state index contributed by atoms with van der Waals surface area (Å²) in [5.74, 6) is 0. The van der Waals surface area contributed by atoms with Crippen LogP contribution in [0.25, 0.3) is 0 Å². The second-order valence-corrected chi connectivity index (χ2v) is 5.35. The molecule has 0 aliphatic carbocycles. The standard InChI is InChI=1S/C13H17Cl2N.CH5N/c1-10(16-5-3-2-4-6-16)11-7-12(14)9-13(15)8-11;1-2/h7-10H,2-6H2,1H3;2H2,1H3. The summed E-state index contributed by atoms with van der Waals surface area (Å²) >= 11 is 12.1. The quantitative estimate of drug-likeness (QED) is 0.887. The molecule has 0 bridgehead atoms. The molecule has 1 atom stereocenters. The minimum absolute atomic E-state index is 0.413. The van der Waals surface area contributed by atoms with E-state index in [9.17, 15) is 0 Å². The lowest BCUT2D eigenvalue weighted by molar-refractivity contribution is 0.175. The minimum Gasteiger partial charge on any atom is -0.333 e. The fraction of sp³-hybridized carbons (Fsp3) is 0.571. The van der Waals surface area contributed by atoms with Gasteiger partial charge in [0.05, 0.1) is 0 Å². The summed E-state index contributed by atoms with van der Waals surface area (Å²) in [6.45, 7) is 4.60. The molecule has 0 radical (unpaired) electrons. The molecule has 2 rings (SSSR count). The van der Waals surface area contributed by atoms with Crippen molar-refractivity contribution in [2.24, 2.45) is 5.73 Å². The van der Waals surface area contributed by atoms with Gasteiger partial charge in [-0.1, -0.05) is 29.6 Å². The Kier molecular flexibility index (Phi) is 7.02. The van der Waals surface area contributed by atoms with E-state index in [0.29, 0.717) is 6.04 Å². The van der Waals surface area contributed by atoms with E-state index in [4.69, 9.17) is 23.2 Å². The van der Waals surface area contributed by atoms with E-state index in [0.717, 1.165) is 10.0 Å². The summed E-state index contributed by atoms with van der Waals surface area (Å²) in [6, 6.07) is 6.24. The summed E-state index contributed by atoms with van der Waals surface area (Å²) in [4.78, 5) is 2.51. The molecule has 1 saturated heterocycles. The van der Waals surface area contributed by atoms with Gasteiger partial charge in [-0.3, -0.25) is 4.90 Å². The molecule has 1 aliphatic heterocycles. The first-order valence-corrected chi connectivity index (χ1v) is 7.20. The van der Waals surface area contributed by atoms with Crippen LogP contribution in [0.1, 0.15) is 37.8 Å². The Morgan fingerprint density at radius 2 is 1.50 bits per heavy atom. The van der Waals surface area contributed by atoms with Crippen molar-refractivity contribution < 1.29 is 0 Å². The first-order valence-electron chi connectivity index (χ1n) is 6.44. The van der Waals surface area contributed by atoms with Crippen LogP contribution >= 0.6 is 23.2 Å². The van der Waals surface area contributed by atoms with Crippen molar-refractivity contribution in [3.63, 3.8) is 0 Å². The van der Waals surface area contributed by atoms with E-state index in [-0.39, 0.29) is 0 Å². The third kappa shape index (κ3) is 4.43. The first-order chi connectivity index (χ1) is 8.66. The molecule has 1 fully saturated rings. The Balaban J connectivity index is 0.000000771. The van der Waals surface area contributed by atoms with E-state index in [2.05, 4.69) is 17.6 Å². The number of piperidine rings is 1. The summed E-state index contributed by atoms with van der Waals surface area (Å²) in [5.41, 5.74) is 5.72. The van der Waals surface area contributed by atoms with E-state index in [1.807, 2.05) is 12.1 Å². The van der Waals surface area contributed by atoms with Crippen molar-refractivity contribution in [2.75, 3.05) is 20.1 Å². The molecule has 2 nitrogen and oxygen atoms in total. The number of rotatable bonds is 2. The Labute approximate surface area is 120 Å². The highest BCUT2D eigenvalue weighted by Gasteiger charge is 2.18. The molecule has 0 amide bonds. The maximum atomic E-state index is 6.03. The molecule has 1 aromatic rings. The average molecular weight is 289 g/mol. The average Bonchev–Trinajstić information content (AvgIpc) is 2.40. The molecule has 4 heteroatoms. The largest absolute Gasteiger partial charge is 0.333 e. The highest BCUT2D eigenvalue weighted by molar-refractivity contribution is 6.34. The summed E-state index contributed by atoms with van der Waals surface area (Å²) in [5, 5.41) is 1.46. The minimum atomic E-state index is 0.413. The number of benzene rings is 1. The molecule has 1 aliphatic rings. The van der Waals surface area contributed by atoms with E-state index in [1.54, 1.807) is 6.07 Å². The van der Waals surface area contributed by atoms with Crippen LogP contribution in [0.5, 0.6) is 0 Å². The number of nitrogens with zero attached hydrogens (tertiary/aromatic N) is 1. The molecule has 18 heavy (non-hydrogen) atoms. The second-order valence-electron chi connectivity index (χ2n) is 4.48. The van der Waals surface area contributed by atoms with Crippen molar-refractivity contribution in [3.05, 3.63) is 33.8 Å². The van der Waals surface area contributed by atoms with Crippen LogP contribution < -0.4 is 5.73 Å². The lowest BCUT2D eigenvalue weighted by Gasteiger charge is -2.32. The zero-order chi connectivity index (χ0) is 13.5. The molecular weight excluding hydrogens is 267 g/mol. The number of nitrogens with two attached hydrogens (primary N) is 1. The van der Waals surface area contributed by atoms with Crippen LogP contribution in [0, 0.1) is 0 Å². The molecule has 0 saturated carbocycles. The van der Waals surface area contributed by atoms with Gasteiger partial charge in [0.25, 0.3) is 0 Å². The molecule has 0 aromatic heterocycles. The molecule has 2 N–H and O–H groups in total. The number of hydrogen-bond acceptors (Lipinski definition) is 2. The number of halogens is 2. The van der Waals surface area contributed by atoms with Gasteiger partial charge in [-0.2, -0.15) is 0 Å². The Bertz CT molecular complexity index is 343. The molecule has 0 spiro atoms. The summed E-state index contributed by atoms with van der Waals surface area (Å²) in [7, 11) is 1.50. The van der Waals surface area contributed by atoms with Crippen LogP contribution in [0.2, 0.25) is 10.0 Å². The predicted molar refractivity (Wildman–Crippen MR) is 80.4 cm³/mol. The van der Waals surface area contributed by atoms with Crippen molar-refractivity contribution in [3.8, 4) is 0 Å². The molecule has 1 unspecified atom stereocenters. The summed E-state index contributed by atoms with van der Waals surface area (Å²) < 4.78 is 0. The van der Waals surface area contributed by atoms with E-state index < -0.39 is 0 Å². The summed E-state index contributed by atoms with van der Waals surface area (Å²) in [6.07, 6.45) is 3.97. The van der Waals surface area contributed by atoms with E-state index in [1.165, 1.54) is 45.0 Å². The number of hydrogen-bond donors (Lipinski definition) is 1. The van der Waals surface area contributed by atoms with Gasteiger partial charge in [0.2, 0.25) is 0 Å². The monoisotopic (exact) mass is 288 g/mol. The fourth-order valence-electron chi connectivity index (χ4n) is 2.33. The van der Waals surface area contributed by atoms with Crippen molar-refractivity contribution in [1.29, 1.82) is 0 Å². The fourth-order valence-corrected chi connectivity index (χ4v) is 2.88. The third-order valence-electron chi connectivity index (χ3n) is 3.31.